The van der Waals surface area contributed by atoms with E-state index in [4.69, 9.17) is 0 Å². The number of aromatic nitrogens is 4. The van der Waals surface area contributed by atoms with Gasteiger partial charge in [-0.15, -0.1) is 0 Å². The van der Waals surface area contributed by atoms with Crippen molar-refractivity contribution < 1.29 is 0 Å². The second kappa shape index (κ2) is 4.05. The molecule has 84 valence electrons. The van der Waals surface area contributed by atoms with Gasteiger partial charge in [-0.3, -0.25) is 0 Å². The fraction of sp³-hybridized carbons (Fsp3) is 0.500. The summed E-state index contributed by atoms with van der Waals surface area (Å²) in [7, 11) is 0. The van der Waals surface area contributed by atoms with Crippen LogP contribution in [0, 0.1) is 0 Å². The van der Waals surface area contributed by atoms with Crippen molar-refractivity contribution >= 4 is 17.0 Å². The van der Waals surface area contributed by atoms with Gasteiger partial charge < -0.3 is 15.6 Å². The molecular weight excluding hydrogens is 204 g/mol. The van der Waals surface area contributed by atoms with Gasteiger partial charge in [0.2, 0.25) is 0 Å². The summed E-state index contributed by atoms with van der Waals surface area (Å²) in [5.41, 5.74) is 1.58. The van der Waals surface area contributed by atoms with Crippen LogP contribution in [-0.2, 0) is 0 Å². The van der Waals surface area contributed by atoms with Gasteiger partial charge in [-0.1, -0.05) is 0 Å². The van der Waals surface area contributed by atoms with E-state index in [1.54, 1.807) is 6.33 Å². The molecule has 1 fully saturated rings. The van der Waals surface area contributed by atoms with Crippen molar-refractivity contribution in [2.75, 3.05) is 18.4 Å². The van der Waals surface area contributed by atoms with Crippen LogP contribution >= 0.6 is 0 Å². The van der Waals surface area contributed by atoms with Crippen LogP contribution in [0.3, 0.4) is 0 Å². The van der Waals surface area contributed by atoms with Gasteiger partial charge in [0.05, 0.1) is 6.33 Å². The molecule has 0 spiro atoms. The molecule has 0 saturated carbocycles. The summed E-state index contributed by atoms with van der Waals surface area (Å²) in [5, 5.41) is 6.77. The maximum absolute atomic E-state index is 4.22. The van der Waals surface area contributed by atoms with E-state index >= 15 is 0 Å². The molecule has 1 saturated heterocycles. The maximum atomic E-state index is 4.22. The lowest BCUT2D eigenvalue weighted by Crippen LogP contribution is -2.29. The third-order valence-corrected chi connectivity index (χ3v) is 2.90. The summed E-state index contributed by atoms with van der Waals surface area (Å²) in [6.45, 7) is 2.01. The molecule has 0 aliphatic carbocycles. The number of hydrogen-bond donors (Lipinski definition) is 3. The van der Waals surface area contributed by atoms with Crippen LogP contribution in [0.1, 0.15) is 12.8 Å². The predicted octanol–water partition coefficient (Wildman–Crippen LogP) is 0.517. The molecule has 1 aliphatic heterocycles. The quantitative estimate of drug-likeness (QED) is 0.700. The van der Waals surface area contributed by atoms with Crippen LogP contribution in [0.4, 0.5) is 5.82 Å². The van der Waals surface area contributed by atoms with Crippen LogP contribution < -0.4 is 10.6 Å². The van der Waals surface area contributed by atoms with Gasteiger partial charge in [0.25, 0.3) is 0 Å². The number of fused-ring (bicyclic) bond motifs is 1. The Labute approximate surface area is 92.9 Å². The molecule has 3 rings (SSSR count). The third kappa shape index (κ3) is 1.71. The van der Waals surface area contributed by atoms with Crippen molar-refractivity contribution in [2.24, 2.45) is 0 Å². The molecule has 0 bridgehead atoms. The maximum Gasteiger partial charge on any atom is 0.182 e. The summed E-state index contributed by atoms with van der Waals surface area (Å²) in [6, 6.07) is 0.549. The Hall–Kier alpha value is -1.69. The van der Waals surface area contributed by atoms with E-state index in [9.17, 15) is 0 Å². The Morgan fingerprint density at radius 2 is 2.38 bits per heavy atom. The molecule has 0 amide bonds. The summed E-state index contributed by atoms with van der Waals surface area (Å²) in [5.74, 6) is 0.830. The SMILES string of the molecule is c1nc(NCC2CCCN2)c2[nH]cnc2n1. The molecule has 2 aromatic heterocycles. The van der Waals surface area contributed by atoms with Gasteiger partial charge >= 0.3 is 0 Å². The zero-order valence-corrected chi connectivity index (χ0v) is 8.90. The smallest absolute Gasteiger partial charge is 0.182 e. The molecule has 2 aromatic rings. The van der Waals surface area contributed by atoms with E-state index in [2.05, 4.69) is 30.6 Å². The minimum atomic E-state index is 0.549. The second-order valence-corrected chi connectivity index (χ2v) is 4.00. The number of anilines is 1. The number of hydrogen-bond acceptors (Lipinski definition) is 5. The molecule has 1 aliphatic rings. The average molecular weight is 218 g/mol. The van der Waals surface area contributed by atoms with Gasteiger partial charge in [0.1, 0.15) is 11.8 Å². The van der Waals surface area contributed by atoms with E-state index in [0.29, 0.717) is 11.7 Å². The van der Waals surface area contributed by atoms with Crippen molar-refractivity contribution in [2.45, 2.75) is 18.9 Å². The molecule has 1 unspecified atom stereocenters. The predicted molar refractivity (Wildman–Crippen MR) is 61.2 cm³/mol. The highest BCUT2D eigenvalue weighted by molar-refractivity contribution is 5.81. The molecule has 0 aromatic carbocycles. The van der Waals surface area contributed by atoms with Crippen LogP contribution in [0.25, 0.3) is 11.2 Å². The summed E-state index contributed by atoms with van der Waals surface area (Å²) >= 11 is 0. The van der Waals surface area contributed by atoms with Gasteiger partial charge in [-0.2, -0.15) is 0 Å². The first-order valence-electron chi connectivity index (χ1n) is 5.55. The van der Waals surface area contributed by atoms with Gasteiger partial charge in [0, 0.05) is 12.6 Å². The van der Waals surface area contributed by atoms with Gasteiger partial charge in [0.15, 0.2) is 11.5 Å². The van der Waals surface area contributed by atoms with E-state index in [1.165, 1.54) is 19.2 Å². The largest absolute Gasteiger partial charge is 0.367 e. The Balaban J connectivity index is 1.75. The highest BCUT2D eigenvalue weighted by atomic mass is 15.1. The lowest BCUT2D eigenvalue weighted by Gasteiger charge is -2.11. The summed E-state index contributed by atoms with van der Waals surface area (Å²) in [4.78, 5) is 15.4. The lowest BCUT2D eigenvalue weighted by atomic mass is 10.2. The number of H-pyrrole nitrogens is 1. The summed E-state index contributed by atoms with van der Waals surface area (Å²) in [6.07, 6.45) is 5.66. The molecule has 6 heteroatoms. The summed E-state index contributed by atoms with van der Waals surface area (Å²) < 4.78 is 0. The number of nitrogens with one attached hydrogen (secondary N) is 3. The normalized spacial score (nSPS) is 20.4. The highest BCUT2D eigenvalue weighted by Crippen LogP contribution is 2.15. The van der Waals surface area contributed by atoms with E-state index in [0.717, 1.165) is 24.4 Å². The Kier molecular flexibility index (Phi) is 2.41. The van der Waals surface area contributed by atoms with Crippen molar-refractivity contribution in [1.82, 2.24) is 25.3 Å². The molecule has 3 heterocycles. The van der Waals surface area contributed by atoms with Crippen LogP contribution in [0.2, 0.25) is 0 Å². The fourth-order valence-electron chi connectivity index (χ4n) is 2.05. The zero-order chi connectivity index (χ0) is 10.8. The number of rotatable bonds is 3. The van der Waals surface area contributed by atoms with Gasteiger partial charge in [-0.25, -0.2) is 15.0 Å². The first-order chi connectivity index (χ1) is 7.93. The minimum Gasteiger partial charge on any atom is -0.367 e. The fourth-order valence-corrected chi connectivity index (χ4v) is 2.05. The number of nitrogens with zero attached hydrogens (tertiary/aromatic N) is 3. The van der Waals surface area contributed by atoms with E-state index in [-0.39, 0.29) is 0 Å². The van der Waals surface area contributed by atoms with E-state index < -0.39 is 0 Å². The lowest BCUT2D eigenvalue weighted by molar-refractivity contribution is 0.633. The third-order valence-electron chi connectivity index (χ3n) is 2.90. The Bertz CT molecular complexity index is 473. The molecule has 0 radical (unpaired) electrons. The Morgan fingerprint density at radius 3 is 3.25 bits per heavy atom. The van der Waals surface area contributed by atoms with Gasteiger partial charge in [-0.05, 0) is 19.4 Å². The number of imidazole rings is 1. The zero-order valence-electron chi connectivity index (χ0n) is 8.90. The molecule has 3 N–H and O–H groups in total. The topological polar surface area (TPSA) is 78.5 Å². The van der Waals surface area contributed by atoms with Crippen LogP contribution in [-0.4, -0.2) is 39.1 Å². The van der Waals surface area contributed by atoms with Crippen LogP contribution in [0.5, 0.6) is 0 Å². The highest BCUT2D eigenvalue weighted by Gasteiger charge is 2.14. The van der Waals surface area contributed by atoms with Crippen molar-refractivity contribution in [3.63, 3.8) is 0 Å². The van der Waals surface area contributed by atoms with Crippen molar-refractivity contribution in [3.8, 4) is 0 Å². The Morgan fingerprint density at radius 1 is 1.38 bits per heavy atom. The minimum absolute atomic E-state index is 0.549. The number of aromatic amines is 1. The van der Waals surface area contributed by atoms with Crippen molar-refractivity contribution in [1.29, 1.82) is 0 Å². The first-order valence-corrected chi connectivity index (χ1v) is 5.55. The average Bonchev–Trinajstić information content (AvgIpc) is 2.97. The standard InChI is InChI=1S/C10H14N6/c1-2-7(11-3-1)4-12-9-8-10(14-5-13-8)16-6-15-9/h5-7,11H,1-4H2,(H2,12,13,14,15,16). The molecule has 1 atom stereocenters. The van der Waals surface area contributed by atoms with Crippen LogP contribution in [0.15, 0.2) is 12.7 Å². The molecule has 6 nitrogen and oxygen atoms in total. The monoisotopic (exact) mass is 218 g/mol. The van der Waals surface area contributed by atoms with Crippen molar-refractivity contribution in [3.05, 3.63) is 12.7 Å². The second-order valence-electron chi connectivity index (χ2n) is 4.00. The first kappa shape index (κ1) is 9.53. The molecular formula is C10H14N6. The van der Waals surface area contributed by atoms with E-state index in [1.807, 2.05) is 0 Å². The molecule has 16 heavy (non-hydrogen) atoms.